The largest absolute Gasteiger partial charge is 0.468 e. The Hall–Kier alpha value is -2.14. The van der Waals surface area contributed by atoms with Gasteiger partial charge in [-0.1, -0.05) is 0 Å². The normalized spacial score (nSPS) is 14.3. The zero-order valence-electron chi connectivity index (χ0n) is 12.2. The van der Waals surface area contributed by atoms with Crippen LogP contribution < -0.4 is 11.2 Å². The molecular weight excluding hydrogens is 325 g/mol. The number of methoxy groups -OCH3 is 1. The molecule has 0 aliphatic carbocycles. The van der Waals surface area contributed by atoms with E-state index in [1.807, 2.05) is 4.98 Å². The van der Waals surface area contributed by atoms with Crippen molar-refractivity contribution in [1.29, 1.82) is 0 Å². The topological polar surface area (TPSA) is 111 Å². The number of carbonyl (C=O) groups is 1. The van der Waals surface area contributed by atoms with Gasteiger partial charge in [0, 0.05) is 11.8 Å². The van der Waals surface area contributed by atoms with Crippen molar-refractivity contribution >= 4 is 5.97 Å². The molecule has 0 fully saturated rings. The highest BCUT2D eigenvalue weighted by Gasteiger charge is 2.51. The van der Waals surface area contributed by atoms with E-state index in [4.69, 9.17) is 9.84 Å². The molecule has 0 bridgehead atoms. The van der Waals surface area contributed by atoms with Crippen LogP contribution in [0.4, 0.5) is 13.2 Å². The maximum Gasteiger partial charge on any atom is 0.404 e. The molecule has 0 radical (unpaired) electrons. The lowest BCUT2D eigenvalue weighted by Crippen LogP contribution is -2.45. The van der Waals surface area contributed by atoms with E-state index in [2.05, 4.69) is 4.74 Å². The maximum atomic E-state index is 12.9. The molecule has 0 aromatic carbocycles. The second-order valence-electron chi connectivity index (χ2n) is 4.60. The number of aliphatic hydroxyl groups excluding tert-OH is 1. The first-order valence-electron chi connectivity index (χ1n) is 6.29. The molecule has 0 aliphatic rings. The Labute approximate surface area is 127 Å². The van der Waals surface area contributed by atoms with Gasteiger partial charge in [0.1, 0.15) is 12.8 Å². The Morgan fingerprint density at radius 2 is 2.04 bits per heavy atom. The molecule has 0 saturated heterocycles. The molecule has 1 aromatic heterocycles. The number of aromatic nitrogens is 2. The first-order chi connectivity index (χ1) is 10.6. The molecule has 1 aromatic rings. The molecule has 0 saturated carbocycles. The van der Waals surface area contributed by atoms with Gasteiger partial charge < -0.3 is 14.6 Å². The third-order valence-corrected chi connectivity index (χ3v) is 2.98. The smallest absolute Gasteiger partial charge is 0.404 e. The molecule has 2 unspecified atom stereocenters. The van der Waals surface area contributed by atoms with Gasteiger partial charge in [-0.25, -0.2) is 4.79 Å². The Morgan fingerprint density at radius 1 is 1.43 bits per heavy atom. The highest BCUT2D eigenvalue weighted by atomic mass is 19.4. The summed E-state index contributed by atoms with van der Waals surface area (Å²) < 4.78 is 48.4. The number of hydrogen-bond acceptors (Lipinski definition) is 6. The molecule has 130 valence electrons. The summed E-state index contributed by atoms with van der Waals surface area (Å²) in [5.41, 5.74) is -1.42. The summed E-state index contributed by atoms with van der Waals surface area (Å²) >= 11 is 0. The van der Waals surface area contributed by atoms with Crippen LogP contribution in [0.25, 0.3) is 0 Å². The fourth-order valence-electron chi connectivity index (χ4n) is 1.77. The van der Waals surface area contributed by atoms with Crippen molar-refractivity contribution in [2.75, 3.05) is 13.7 Å². The van der Waals surface area contributed by atoms with Crippen LogP contribution in [0.1, 0.15) is 5.56 Å². The number of halogens is 3. The van der Waals surface area contributed by atoms with E-state index in [9.17, 15) is 27.6 Å². The highest BCUT2D eigenvalue weighted by molar-refractivity contribution is 5.73. The number of ether oxygens (including phenoxy) is 2. The predicted molar refractivity (Wildman–Crippen MR) is 69.6 cm³/mol. The number of nitrogens with one attached hydrogen (secondary N) is 1. The second kappa shape index (κ2) is 7.42. The Kier molecular flexibility index (Phi) is 6.10. The molecular formula is C12H15F3N2O6. The minimum Gasteiger partial charge on any atom is -0.468 e. The molecule has 1 heterocycles. The summed E-state index contributed by atoms with van der Waals surface area (Å²) in [6.07, 6.45) is -5.90. The third kappa shape index (κ3) is 4.66. The number of aryl methyl sites for hydroxylation is 1. The summed E-state index contributed by atoms with van der Waals surface area (Å²) in [4.78, 5) is 35.9. The van der Waals surface area contributed by atoms with E-state index in [0.29, 0.717) is 0 Å². The van der Waals surface area contributed by atoms with E-state index in [1.165, 1.54) is 6.92 Å². The molecule has 2 N–H and O–H groups in total. The minimum absolute atomic E-state index is 0.133. The van der Waals surface area contributed by atoms with Crippen LogP contribution in [0.5, 0.6) is 0 Å². The molecule has 0 amide bonds. The van der Waals surface area contributed by atoms with Crippen LogP contribution >= 0.6 is 0 Å². The van der Waals surface area contributed by atoms with Gasteiger partial charge in [-0.2, -0.15) is 13.2 Å². The Morgan fingerprint density at radius 3 is 2.52 bits per heavy atom. The number of rotatable bonds is 6. The maximum absolute atomic E-state index is 12.9. The van der Waals surface area contributed by atoms with Crippen LogP contribution in [0, 0.1) is 12.8 Å². The Bertz CT molecular complexity index is 666. The van der Waals surface area contributed by atoms with Gasteiger partial charge in [-0.3, -0.25) is 19.1 Å². The fraction of sp³-hybridized carbons (Fsp3) is 0.583. The minimum atomic E-state index is -5.01. The number of alkyl halides is 3. The summed E-state index contributed by atoms with van der Waals surface area (Å²) in [5, 5.41) is 9.07. The lowest BCUT2D eigenvalue weighted by Gasteiger charge is -2.25. The van der Waals surface area contributed by atoms with Crippen molar-refractivity contribution in [2.24, 2.45) is 5.92 Å². The second-order valence-corrected chi connectivity index (χ2v) is 4.60. The molecule has 1 rings (SSSR count). The molecule has 8 nitrogen and oxygen atoms in total. The lowest BCUT2D eigenvalue weighted by atomic mass is 10.0. The van der Waals surface area contributed by atoms with Gasteiger partial charge in [-0.15, -0.1) is 0 Å². The van der Waals surface area contributed by atoms with E-state index < -0.39 is 48.8 Å². The Balaban J connectivity index is 2.99. The first-order valence-corrected chi connectivity index (χ1v) is 6.29. The number of esters is 1. The van der Waals surface area contributed by atoms with Crippen molar-refractivity contribution < 1.29 is 32.5 Å². The number of carbonyl (C=O) groups excluding carboxylic acids is 1. The van der Waals surface area contributed by atoms with Crippen LogP contribution in [-0.2, 0) is 21.0 Å². The van der Waals surface area contributed by atoms with E-state index in [1.54, 1.807) is 0 Å². The van der Waals surface area contributed by atoms with Crippen LogP contribution in [0.15, 0.2) is 15.8 Å². The van der Waals surface area contributed by atoms with E-state index >= 15 is 0 Å². The predicted octanol–water partition coefficient (Wildman–Crippen LogP) is -0.468. The van der Waals surface area contributed by atoms with Gasteiger partial charge in [-0.05, 0) is 6.92 Å². The zero-order valence-corrected chi connectivity index (χ0v) is 12.2. The number of H-pyrrole nitrogens is 1. The quantitative estimate of drug-likeness (QED) is 0.678. The summed E-state index contributed by atoms with van der Waals surface area (Å²) in [6, 6.07) is 0. The van der Waals surface area contributed by atoms with Gasteiger partial charge in [0.05, 0.1) is 13.7 Å². The van der Waals surface area contributed by atoms with Gasteiger partial charge >= 0.3 is 17.8 Å². The standard InChI is InChI=1S/C12H15F3N2O6/c1-6-3-17(11(21)16-9(6)19)5-23-7(4-18)8(10(20)22-2)12(13,14)15/h3,7-8,18H,4-5H2,1-2H3,(H,16,19,21). The van der Waals surface area contributed by atoms with Crippen molar-refractivity contribution in [1.82, 2.24) is 9.55 Å². The van der Waals surface area contributed by atoms with Gasteiger partial charge in [0.15, 0.2) is 5.92 Å². The monoisotopic (exact) mass is 340 g/mol. The molecule has 0 spiro atoms. The van der Waals surface area contributed by atoms with Gasteiger partial charge in [0.2, 0.25) is 0 Å². The molecule has 0 aliphatic heterocycles. The van der Waals surface area contributed by atoms with E-state index in [-0.39, 0.29) is 5.56 Å². The first kappa shape index (κ1) is 18.9. The van der Waals surface area contributed by atoms with Crippen LogP contribution in [0.2, 0.25) is 0 Å². The van der Waals surface area contributed by atoms with E-state index in [0.717, 1.165) is 17.9 Å². The van der Waals surface area contributed by atoms with Crippen LogP contribution in [-0.4, -0.2) is 46.6 Å². The SMILES string of the molecule is COC(=O)C(C(CO)OCn1cc(C)c(=O)[nH]c1=O)C(F)(F)F. The van der Waals surface area contributed by atoms with Crippen molar-refractivity contribution in [3.05, 3.63) is 32.6 Å². The molecule has 23 heavy (non-hydrogen) atoms. The summed E-state index contributed by atoms with van der Waals surface area (Å²) in [5.74, 6) is -4.33. The molecule has 11 heteroatoms. The number of aliphatic hydroxyl groups is 1. The lowest BCUT2D eigenvalue weighted by molar-refractivity contribution is -0.226. The summed E-state index contributed by atoms with van der Waals surface area (Å²) in [6.45, 7) is -0.452. The fourth-order valence-corrected chi connectivity index (χ4v) is 1.77. The average molecular weight is 340 g/mol. The summed E-state index contributed by atoms with van der Waals surface area (Å²) in [7, 11) is 0.769. The van der Waals surface area contributed by atoms with Crippen molar-refractivity contribution in [2.45, 2.75) is 25.9 Å². The number of nitrogens with zero attached hydrogens (tertiary/aromatic N) is 1. The number of aromatic amines is 1. The van der Waals surface area contributed by atoms with Crippen molar-refractivity contribution in [3.8, 4) is 0 Å². The molecule has 2 atom stereocenters. The van der Waals surface area contributed by atoms with Crippen LogP contribution in [0.3, 0.4) is 0 Å². The zero-order chi connectivity index (χ0) is 17.8. The highest BCUT2D eigenvalue weighted by Crippen LogP contribution is 2.31. The average Bonchev–Trinajstić information content (AvgIpc) is 2.46. The third-order valence-electron chi connectivity index (χ3n) is 2.98. The van der Waals surface area contributed by atoms with Crippen molar-refractivity contribution in [3.63, 3.8) is 0 Å². The van der Waals surface area contributed by atoms with Gasteiger partial charge in [0.25, 0.3) is 5.56 Å². The number of hydrogen-bond donors (Lipinski definition) is 2.